The van der Waals surface area contributed by atoms with Crippen LogP contribution in [-0.2, 0) is 4.79 Å². The molecule has 2 heterocycles. The Balaban J connectivity index is 1.87. The zero-order chi connectivity index (χ0) is 19.7. The van der Waals surface area contributed by atoms with Crippen molar-refractivity contribution in [3.05, 3.63) is 65.4 Å². The van der Waals surface area contributed by atoms with Gasteiger partial charge in [0.1, 0.15) is 5.82 Å². The summed E-state index contributed by atoms with van der Waals surface area (Å²) in [6.45, 7) is 1.98. The largest absolute Gasteiger partial charge is 0.493 e. The van der Waals surface area contributed by atoms with Crippen molar-refractivity contribution < 1.29 is 14.3 Å². The predicted molar refractivity (Wildman–Crippen MR) is 111 cm³/mol. The summed E-state index contributed by atoms with van der Waals surface area (Å²) in [5, 5.41) is 7.72. The van der Waals surface area contributed by atoms with E-state index in [0.717, 1.165) is 28.3 Å². The Bertz CT molecular complexity index is 1020. The molecule has 4 rings (SSSR count). The molecule has 3 aromatic rings. The number of aryl methyl sites for hydroxylation is 1. The molecule has 144 valence electrons. The number of nitrogens with one attached hydrogen (secondary N) is 1. The Morgan fingerprint density at radius 3 is 2.57 bits per heavy atom. The fraction of sp³-hybridized carbons (Fsp3) is 0.238. The maximum absolute atomic E-state index is 12.4. The molecular weight excluding hydrogens is 374 g/mol. The average molecular weight is 395 g/mol. The molecule has 1 aromatic heterocycles. The number of anilines is 1. The van der Waals surface area contributed by atoms with E-state index in [1.54, 1.807) is 26.0 Å². The van der Waals surface area contributed by atoms with Crippen LogP contribution in [0.5, 0.6) is 11.5 Å². The van der Waals surface area contributed by atoms with Crippen molar-refractivity contribution in [1.82, 2.24) is 9.78 Å². The lowest BCUT2D eigenvalue weighted by Gasteiger charge is -2.17. The number of benzene rings is 2. The Kier molecular flexibility index (Phi) is 5.00. The van der Waals surface area contributed by atoms with Crippen LogP contribution < -0.4 is 14.8 Å². The zero-order valence-electron chi connectivity index (χ0n) is 15.9. The zero-order valence-corrected chi connectivity index (χ0v) is 16.7. The monoisotopic (exact) mass is 395 g/mol. The van der Waals surface area contributed by atoms with Crippen LogP contribution in [-0.4, -0.2) is 35.7 Å². The number of carbonyl (C=O) groups excluding carboxylic acids is 1. The quantitative estimate of drug-likeness (QED) is 0.724. The second kappa shape index (κ2) is 7.59. The number of nitrogens with zero attached hydrogens (tertiary/aromatic N) is 2. The molecule has 1 amide bonds. The van der Waals surface area contributed by atoms with Crippen LogP contribution >= 0.6 is 11.8 Å². The predicted octanol–water partition coefficient (Wildman–Crippen LogP) is 3.97. The number of fused-ring (bicyclic) bond motifs is 1. The maximum atomic E-state index is 12.4. The minimum atomic E-state index is -0.0498. The van der Waals surface area contributed by atoms with E-state index in [-0.39, 0.29) is 11.2 Å². The van der Waals surface area contributed by atoms with Gasteiger partial charge < -0.3 is 14.8 Å². The summed E-state index contributed by atoms with van der Waals surface area (Å²) in [4.78, 5) is 12.4. The lowest BCUT2D eigenvalue weighted by atomic mass is 10.0. The third kappa shape index (κ3) is 3.22. The molecule has 0 saturated heterocycles. The molecule has 1 aliphatic heterocycles. The van der Waals surface area contributed by atoms with Crippen molar-refractivity contribution in [2.75, 3.05) is 25.3 Å². The lowest BCUT2D eigenvalue weighted by molar-refractivity contribution is -0.113. The van der Waals surface area contributed by atoms with Gasteiger partial charge in [0.2, 0.25) is 5.91 Å². The number of aromatic nitrogens is 2. The fourth-order valence-electron chi connectivity index (χ4n) is 3.42. The number of methoxy groups -OCH3 is 2. The molecule has 0 spiro atoms. The van der Waals surface area contributed by atoms with E-state index in [9.17, 15) is 4.79 Å². The van der Waals surface area contributed by atoms with Crippen molar-refractivity contribution in [2.45, 2.75) is 12.2 Å². The number of rotatable bonds is 4. The Labute approximate surface area is 167 Å². The summed E-state index contributed by atoms with van der Waals surface area (Å²) in [5.74, 6) is 2.39. The van der Waals surface area contributed by atoms with Gasteiger partial charge in [-0.05, 0) is 36.8 Å². The van der Waals surface area contributed by atoms with Crippen LogP contribution in [0.2, 0.25) is 0 Å². The first-order valence-electron chi connectivity index (χ1n) is 8.90. The number of amides is 1. The molecule has 0 radical (unpaired) electrons. The second-order valence-electron chi connectivity index (χ2n) is 6.45. The molecule has 0 aliphatic carbocycles. The molecule has 28 heavy (non-hydrogen) atoms. The summed E-state index contributed by atoms with van der Waals surface area (Å²) in [6.07, 6.45) is 0. The van der Waals surface area contributed by atoms with Gasteiger partial charge in [-0.2, -0.15) is 5.10 Å². The number of ether oxygens (including phenoxy) is 2. The van der Waals surface area contributed by atoms with Gasteiger partial charge in [0.05, 0.1) is 36.6 Å². The average Bonchev–Trinajstić information content (AvgIpc) is 2.93. The van der Waals surface area contributed by atoms with Crippen LogP contribution in [0.1, 0.15) is 22.1 Å². The van der Waals surface area contributed by atoms with E-state index < -0.39 is 0 Å². The van der Waals surface area contributed by atoms with Gasteiger partial charge in [-0.1, -0.05) is 24.3 Å². The highest BCUT2D eigenvalue weighted by Crippen LogP contribution is 2.45. The van der Waals surface area contributed by atoms with Crippen LogP contribution in [0.4, 0.5) is 5.82 Å². The van der Waals surface area contributed by atoms with Crippen LogP contribution in [0.3, 0.4) is 0 Å². The lowest BCUT2D eigenvalue weighted by Crippen LogP contribution is -2.15. The van der Waals surface area contributed by atoms with E-state index in [2.05, 4.69) is 5.32 Å². The molecule has 6 nitrogen and oxygen atoms in total. The third-order valence-electron chi connectivity index (χ3n) is 4.72. The number of hydrogen-bond acceptors (Lipinski definition) is 5. The molecule has 0 fully saturated rings. The van der Waals surface area contributed by atoms with Gasteiger partial charge >= 0.3 is 0 Å². The molecule has 2 aromatic carbocycles. The van der Waals surface area contributed by atoms with Crippen LogP contribution in [0.25, 0.3) is 5.69 Å². The summed E-state index contributed by atoms with van der Waals surface area (Å²) < 4.78 is 12.6. The molecular formula is C21H21N3O3S. The van der Waals surface area contributed by atoms with Crippen LogP contribution in [0.15, 0.2) is 48.5 Å². The summed E-state index contributed by atoms with van der Waals surface area (Å²) in [5.41, 5.74) is 3.83. The van der Waals surface area contributed by atoms with Gasteiger partial charge in [0.15, 0.2) is 11.5 Å². The summed E-state index contributed by atoms with van der Waals surface area (Å²) in [7, 11) is 3.24. The minimum absolute atomic E-state index is 0.0358. The number of carbonyl (C=O) groups is 1. The standard InChI is InChI=1S/C21H21N3O3S/c1-13-19-20(14-9-10-16(26-2)17(11-14)27-3)28-12-18(25)22-21(19)24(23-13)15-7-5-4-6-8-15/h4-11,20H,12H2,1-3H3,(H,22,25)/t20-/m1/s1. The highest BCUT2D eigenvalue weighted by molar-refractivity contribution is 8.00. The van der Waals surface area contributed by atoms with E-state index >= 15 is 0 Å². The normalized spacial score (nSPS) is 16.1. The van der Waals surface area contributed by atoms with Crippen molar-refractivity contribution >= 4 is 23.5 Å². The van der Waals surface area contributed by atoms with E-state index in [1.165, 1.54) is 0 Å². The van der Waals surface area contributed by atoms with E-state index in [0.29, 0.717) is 17.3 Å². The Hall–Kier alpha value is -2.93. The first-order chi connectivity index (χ1) is 13.6. The smallest absolute Gasteiger partial charge is 0.235 e. The molecule has 1 aliphatic rings. The highest BCUT2D eigenvalue weighted by atomic mass is 32.2. The maximum Gasteiger partial charge on any atom is 0.235 e. The van der Waals surface area contributed by atoms with Crippen LogP contribution in [0, 0.1) is 6.92 Å². The van der Waals surface area contributed by atoms with Gasteiger partial charge in [0, 0.05) is 5.56 Å². The Morgan fingerprint density at radius 2 is 1.86 bits per heavy atom. The highest BCUT2D eigenvalue weighted by Gasteiger charge is 2.31. The summed E-state index contributed by atoms with van der Waals surface area (Å²) >= 11 is 1.58. The fourth-order valence-corrected chi connectivity index (χ4v) is 4.60. The molecule has 1 atom stereocenters. The third-order valence-corrected chi connectivity index (χ3v) is 5.99. The minimum Gasteiger partial charge on any atom is -0.493 e. The number of para-hydroxylation sites is 1. The molecule has 1 N–H and O–H groups in total. The van der Waals surface area contributed by atoms with Crippen molar-refractivity contribution in [1.29, 1.82) is 0 Å². The van der Waals surface area contributed by atoms with Crippen molar-refractivity contribution in [3.8, 4) is 17.2 Å². The first-order valence-corrected chi connectivity index (χ1v) is 9.95. The van der Waals surface area contributed by atoms with Gasteiger partial charge in [0.25, 0.3) is 0 Å². The number of hydrogen-bond donors (Lipinski definition) is 1. The van der Waals surface area contributed by atoms with E-state index in [4.69, 9.17) is 14.6 Å². The molecule has 0 bridgehead atoms. The molecule has 7 heteroatoms. The molecule has 0 unspecified atom stereocenters. The number of thioether (sulfide) groups is 1. The molecule has 0 saturated carbocycles. The van der Waals surface area contributed by atoms with Gasteiger partial charge in [-0.3, -0.25) is 4.79 Å². The Morgan fingerprint density at radius 1 is 1.11 bits per heavy atom. The van der Waals surface area contributed by atoms with Crippen molar-refractivity contribution in [2.24, 2.45) is 0 Å². The topological polar surface area (TPSA) is 65.4 Å². The first kappa shape index (κ1) is 18.4. The summed E-state index contributed by atoms with van der Waals surface area (Å²) in [6, 6.07) is 15.7. The van der Waals surface area contributed by atoms with Crippen molar-refractivity contribution in [3.63, 3.8) is 0 Å². The van der Waals surface area contributed by atoms with E-state index in [1.807, 2.05) is 60.1 Å². The second-order valence-corrected chi connectivity index (χ2v) is 7.54. The SMILES string of the molecule is COc1ccc([C@H]2SCC(=O)Nc3c2c(C)nn3-c2ccccc2)cc1OC. The van der Waals surface area contributed by atoms with Gasteiger partial charge in [-0.25, -0.2) is 4.68 Å². The van der Waals surface area contributed by atoms with Gasteiger partial charge in [-0.15, -0.1) is 11.8 Å².